The fourth-order valence-corrected chi connectivity index (χ4v) is 2.95. The van der Waals surface area contributed by atoms with Gasteiger partial charge in [0.25, 0.3) is 0 Å². The first kappa shape index (κ1) is 17.3. The third kappa shape index (κ3) is 6.11. The van der Waals surface area contributed by atoms with Gasteiger partial charge < -0.3 is 4.42 Å². The second-order valence-corrected chi connectivity index (χ2v) is 6.40. The van der Waals surface area contributed by atoms with E-state index in [1.807, 2.05) is 6.20 Å². The summed E-state index contributed by atoms with van der Waals surface area (Å²) in [6, 6.07) is 0. The Hall–Kier alpha value is -0.790. The van der Waals surface area contributed by atoms with Crippen molar-refractivity contribution in [3.8, 4) is 0 Å². The maximum absolute atomic E-state index is 5.62. The lowest BCUT2D eigenvalue weighted by Crippen LogP contribution is -2.21. The fourth-order valence-electron chi connectivity index (χ4n) is 2.95. The molecule has 116 valence electrons. The smallest absolute Gasteiger partial charge is 0.180 e. The molecule has 2 heteroatoms. The van der Waals surface area contributed by atoms with E-state index in [0.29, 0.717) is 0 Å². The van der Waals surface area contributed by atoms with Crippen LogP contribution in [0.1, 0.15) is 97.2 Å². The second-order valence-electron chi connectivity index (χ2n) is 6.40. The standard InChI is InChI=1S/C18H33NO/c1-4-6-8-10-12-14-18(3,13-11-9-7-5-2)17-15-19-16-20-17/h15-16H,4-14H2,1-3H3. The summed E-state index contributed by atoms with van der Waals surface area (Å²) in [5.74, 6) is 1.09. The van der Waals surface area contributed by atoms with E-state index >= 15 is 0 Å². The zero-order valence-electron chi connectivity index (χ0n) is 13.8. The Labute approximate surface area is 125 Å². The lowest BCUT2D eigenvalue weighted by Gasteiger charge is -2.27. The van der Waals surface area contributed by atoms with Crippen LogP contribution >= 0.6 is 0 Å². The normalized spacial score (nSPS) is 14.3. The van der Waals surface area contributed by atoms with Crippen LogP contribution in [0.25, 0.3) is 0 Å². The highest BCUT2D eigenvalue weighted by Gasteiger charge is 2.28. The van der Waals surface area contributed by atoms with Gasteiger partial charge in [-0.2, -0.15) is 0 Å². The van der Waals surface area contributed by atoms with Gasteiger partial charge in [-0.1, -0.05) is 78.6 Å². The summed E-state index contributed by atoms with van der Waals surface area (Å²) < 4.78 is 5.62. The average Bonchev–Trinajstić information content (AvgIpc) is 2.98. The number of hydrogen-bond donors (Lipinski definition) is 0. The van der Waals surface area contributed by atoms with Gasteiger partial charge in [0.05, 0.1) is 6.20 Å². The lowest BCUT2D eigenvalue weighted by molar-refractivity contribution is 0.298. The van der Waals surface area contributed by atoms with E-state index < -0.39 is 0 Å². The Balaban J connectivity index is 2.43. The molecule has 0 aliphatic carbocycles. The molecule has 1 atom stereocenters. The van der Waals surface area contributed by atoms with Gasteiger partial charge in [-0.05, 0) is 12.8 Å². The quantitative estimate of drug-likeness (QED) is 0.422. The van der Waals surface area contributed by atoms with Crippen molar-refractivity contribution < 1.29 is 4.42 Å². The van der Waals surface area contributed by atoms with Crippen LogP contribution < -0.4 is 0 Å². The monoisotopic (exact) mass is 279 g/mol. The van der Waals surface area contributed by atoms with Crippen LogP contribution in [0.3, 0.4) is 0 Å². The molecule has 1 aromatic heterocycles. The molecule has 1 heterocycles. The van der Waals surface area contributed by atoms with Crippen LogP contribution in [-0.2, 0) is 5.41 Å². The minimum atomic E-state index is 0.191. The summed E-state index contributed by atoms with van der Waals surface area (Å²) in [4.78, 5) is 4.12. The zero-order chi connectivity index (χ0) is 14.7. The third-order valence-corrected chi connectivity index (χ3v) is 4.44. The van der Waals surface area contributed by atoms with Gasteiger partial charge in [-0.3, -0.25) is 0 Å². The van der Waals surface area contributed by atoms with Crippen molar-refractivity contribution in [3.05, 3.63) is 18.4 Å². The molecule has 0 amide bonds. The van der Waals surface area contributed by atoms with E-state index in [1.54, 1.807) is 6.39 Å². The van der Waals surface area contributed by atoms with Crippen molar-refractivity contribution in [3.63, 3.8) is 0 Å². The van der Waals surface area contributed by atoms with Gasteiger partial charge >= 0.3 is 0 Å². The Bertz CT molecular complexity index is 320. The lowest BCUT2D eigenvalue weighted by atomic mass is 9.78. The molecule has 0 N–H and O–H groups in total. The molecule has 0 saturated heterocycles. The molecule has 0 aliphatic heterocycles. The summed E-state index contributed by atoms with van der Waals surface area (Å²) in [5.41, 5.74) is 0.191. The molecule has 0 fully saturated rings. The fraction of sp³-hybridized carbons (Fsp3) is 0.833. The van der Waals surface area contributed by atoms with Crippen molar-refractivity contribution in [2.24, 2.45) is 0 Å². The average molecular weight is 279 g/mol. The summed E-state index contributed by atoms with van der Waals surface area (Å²) in [5, 5.41) is 0. The molecule has 1 rings (SSSR count). The van der Waals surface area contributed by atoms with E-state index in [1.165, 1.54) is 70.6 Å². The highest BCUT2D eigenvalue weighted by molar-refractivity contribution is 5.07. The Kier molecular flexibility index (Phi) is 8.64. The van der Waals surface area contributed by atoms with Gasteiger partial charge in [0.1, 0.15) is 5.76 Å². The molecular formula is C18H33NO. The third-order valence-electron chi connectivity index (χ3n) is 4.44. The van der Waals surface area contributed by atoms with Crippen molar-refractivity contribution in [2.45, 2.75) is 96.8 Å². The molecule has 2 nitrogen and oxygen atoms in total. The molecule has 0 saturated carbocycles. The zero-order valence-corrected chi connectivity index (χ0v) is 13.8. The molecule has 0 aliphatic rings. The number of hydrogen-bond acceptors (Lipinski definition) is 2. The van der Waals surface area contributed by atoms with E-state index in [0.717, 1.165) is 5.76 Å². The predicted molar refractivity (Wildman–Crippen MR) is 86.0 cm³/mol. The Morgan fingerprint density at radius 3 is 1.95 bits per heavy atom. The SMILES string of the molecule is CCCCCCCC(C)(CCCCCC)c1cnco1. The first-order valence-electron chi connectivity index (χ1n) is 8.62. The summed E-state index contributed by atoms with van der Waals surface area (Å²) in [6.07, 6.45) is 18.0. The van der Waals surface area contributed by atoms with Crippen molar-refractivity contribution in [1.82, 2.24) is 4.98 Å². The molecule has 0 bridgehead atoms. The largest absolute Gasteiger partial charge is 0.448 e. The highest BCUT2D eigenvalue weighted by atomic mass is 16.3. The van der Waals surface area contributed by atoms with Gasteiger partial charge in [0, 0.05) is 5.41 Å². The van der Waals surface area contributed by atoms with Gasteiger partial charge in [-0.15, -0.1) is 0 Å². The summed E-state index contributed by atoms with van der Waals surface area (Å²) in [6.45, 7) is 6.90. The summed E-state index contributed by atoms with van der Waals surface area (Å²) in [7, 11) is 0. The molecule has 0 aromatic carbocycles. The maximum Gasteiger partial charge on any atom is 0.180 e. The van der Waals surface area contributed by atoms with Crippen LogP contribution in [0.5, 0.6) is 0 Å². The first-order chi connectivity index (χ1) is 9.73. The molecule has 0 spiro atoms. The highest BCUT2D eigenvalue weighted by Crippen LogP contribution is 2.35. The van der Waals surface area contributed by atoms with E-state index in [9.17, 15) is 0 Å². The van der Waals surface area contributed by atoms with Gasteiger partial charge in [0.2, 0.25) is 0 Å². The summed E-state index contributed by atoms with van der Waals surface area (Å²) >= 11 is 0. The number of aromatic nitrogens is 1. The number of unbranched alkanes of at least 4 members (excludes halogenated alkanes) is 7. The van der Waals surface area contributed by atoms with E-state index in [2.05, 4.69) is 25.8 Å². The second kappa shape index (κ2) is 10.0. The van der Waals surface area contributed by atoms with Crippen molar-refractivity contribution in [2.75, 3.05) is 0 Å². The van der Waals surface area contributed by atoms with Crippen molar-refractivity contribution >= 4 is 0 Å². The molecule has 1 aromatic rings. The molecule has 1 unspecified atom stereocenters. The molecular weight excluding hydrogens is 246 g/mol. The molecule has 0 radical (unpaired) electrons. The Morgan fingerprint density at radius 2 is 1.45 bits per heavy atom. The first-order valence-corrected chi connectivity index (χ1v) is 8.62. The van der Waals surface area contributed by atoms with E-state index in [4.69, 9.17) is 4.42 Å². The minimum Gasteiger partial charge on any atom is -0.448 e. The minimum absolute atomic E-state index is 0.191. The van der Waals surface area contributed by atoms with Crippen LogP contribution in [0, 0.1) is 0 Å². The van der Waals surface area contributed by atoms with Crippen LogP contribution in [0.2, 0.25) is 0 Å². The Morgan fingerprint density at radius 1 is 0.900 bits per heavy atom. The van der Waals surface area contributed by atoms with Crippen molar-refractivity contribution in [1.29, 1.82) is 0 Å². The number of rotatable bonds is 12. The number of nitrogens with zero attached hydrogens (tertiary/aromatic N) is 1. The van der Waals surface area contributed by atoms with Gasteiger partial charge in [0.15, 0.2) is 6.39 Å². The van der Waals surface area contributed by atoms with Gasteiger partial charge in [-0.25, -0.2) is 4.98 Å². The van der Waals surface area contributed by atoms with Crippen LogP contribution in [-0.4, -0.2) is 4.98 Å². The topological polar surface area (TPSA) is 26.0 Å². The van der Waals surface area contributed by atoms with E-state index in [-0.39, 0.29) is 5.41 Å². The predicted octanol–water partition coefficient (Wildman–Crippen LogP) is 6.26. The van der Waals surface area contributed by atoms with Crippen LogP contribution in [0.4, 0.5) is 0 Å². The van der Waals surface area contributed by atoms with Crippen LogP contribution in [0.15, 0.2) is 17.0 Å². The molecule has 20 heavy (non-hydrogen) atoms. The maximum atomic E-state index is 5.62. The number of oxazole rings is 1.